The minimum Gasteiger partial charge on any atom is -0.313 e. The van der Waals surface area contributed by atoms with E-state index in [0.29, 0.717) is 5.02 Å². The number of anilines is 3. The van der Waals surface area contributed by atoms with Crippen LogP contribution in [0.15, 0.2) is 84.0 Å². The van der Waals surface area contributed by atoms with Gasteiger partial charge < -0.3 is 4.90 Å². The Labute approximate surface area is 192 Å². The van der Waals surface area contributed by atoms with Crippen molar-refractivity contribution in [1.29, 1.82) is 0 Å². The van der Waals surface area contributed by atoms with E-state index in [1.807, 2.05) is 72.6 Å². The number of amidine groups is 1. The van der Waals surface area contributed by atoms with Gasteiger partial charge in [-0.2, -0.15) is 5.10 Å². The molecule has 2 atom stereocenters. The van der Waals surface area contributed by atoms with E-state index in [1.165, 1.54) is 0 Å². The van der Waals surface area contributed by atoms with Crippen molar-refractivity contribution in [3.63, 3.8) is 0 Å². The molecule has 2 aliphatic heterocycles. The van der Waals surface area contributed by atoms with Crippen LogP contribution in [0.3, 0.4) is 0 Å². The van der Waals surface area contributed by atoms with Crippen LogP contribution in [0.25, 0.3) is 0 Å². The SMILES string of the molecule is CN1C(=O)[C@@H]2CCC[C@@]23N(c2ccccc2)N=C(c2ccc(Cl)cc2)N3c2ccccc21. The highest BCUT2D eigenvalue weighted by Gasteiger charge is 2.62. The molecule has 0 bridgehead atoms. The topological polar surface area (TPSA) is 39.2 Å². The number of rotatable bonds is 2. The van der Waals surface area contributed by atoms with E-state index >= 15 is 0 Å². The van der Waals surface area contributed by atoms with E-state index in [1.54, 1.807) is 0 Å². The van der Waals surface area contributed by atoms with Crippen LogP contribution >= 0.6 is 11.6 Å². The third kappa shape index (κ3) is 2.58. The summed E-state index contributed by atoms with van der Waals surface area (Å²) in [5.41, 5.74) is 3.28. The first-order valence-electron chi connectivity index (χ1n) is 11.0. The van der Waals surface area contributed by atoms with Gasteiger partial charge in [-0.3, -0.25) is 9.69 Å². The van der Waals surface area contributed by atoms with E-state index < -0.39 is 5.66 Å². The third-order valence-electron chi connectivity index (χ3n) is 6.97. The number of benzene rings is 3. The molecule has 0 aromatic heterocycles. The van der Waals surface area contributed by atoms with E-state index in [9.17, 15) is 4.79 Å². The number of nitrogens with zero attached hydrogens (tertiary/aromatic N) is 4. The normalized spacial score (nSPS) is 24.1. The standard InChI is InChI=1S/C26H23ClN4O/c1-29-22-11-5-6-12-23(22)30-24(18-13-15-19(27)16-14-18)28-31(20-8-3-2-4-9-20)26(30)17-7-10-21(26)25(29)32/h2-6,8-9,11-16,21H,7,10,17H2,1H3/t21-,26+/m0/s1. The molecule has 2 heterocycles. The fourth-order valence-corrected chi connectivity index (χ4v) is 5.69. The van der Waals surface area contributed by atoms with Crippen LogP contribution in [0.2, 0.25) is 5.02 Å². The second kappa shape index (κ2) is 7.10. The van der Waals surface area contributed by atoms with Crippen LogP contribution in [0.1, 0.15) is 24.8 Å². The minimum atomic E-state index is -0.589. The summed E-state index contributed by atoms with van der Waals surface area (Å²) in [5, 5.41) is 7.98. The maximum Gasteiger partial charge on any atom is 0.234 e. The number of hydrogen-bond acceptors (Lipinski definition) is 4. The Morgan fingerprint density at radius 3 is 2.38 bits per heavy atom. The average molecular weight is 443 g/mol. The second-order valence-electron chi connectivity index (χ2n) is 8.62. The summed E-state index contributed by atoms with van der Waals surface area (Å²) in [6, 6.07) is 26.1. The fourth-order valence-electron chi connectivity index (χ4n) is 5.57. The van der Waals surface area contributed by atoms with Crippen LogP contribution in [0.5, 0.6) is 0 Å². The molecular formula is C26H23ClN4O. The van der Waals surface area contributed by atoms with Crippen molar-refractivity contribution in [3.8, 4) is 0 Å². The molecule has 3 aromatic rings. The lowest BCUT2D eigenvalue weighted by molar-refractivity contribution is -0.123. The molecule has 1 amide bonds. The van der Waals surface area contributed by atoms with Crippen LogP contribution < -0.4 is 14.8 Å². The first kappa shape index (κ1) is 19.4. The van der Waals surface area contributed by atoms with Gasteiger partial charge in [-0.25, -0.2) is 5.01 Å². The number of para-hydroxylation sites is 3. The zero-order valence-corrected chi connectivity index (χ0v) is 18.5. The van der Waals surface area contributed by atoms with Crippen molar-refractivity contribution in [1.82, 2.24) is 0 Å². The molecular weight excluding hydrogens is 420 g/mol. The minimum absolute atomic E-state index is 0.144. The molecule has 32 heavy (non-hydrogen) atoms. The first-order valence-corrected chi connectivity index (χ1v) is 11.4. The Bertz CT molecular complexity index is 1230. The van der Waals surface area contributed by atoms with Crippen molar-refractivity contribution in [2.24, 2.45) is 11.0 Å². The lowest BCUT2D eigenvalue weighted by atomic mass is 9.91. The average Bonchev–Trinajstić information content (AvgIpc) is 3.40. The van der Waals surface area contributed by atoms with Gasteiger partial charge in [0.25, 0.3) is 0 Å². The maximum absolute atomic E-state index is 13.8. The van der Waals surface area contributed by atoms with Crippen LogP contribution in [0, 0.1) is 5.92 Å². The van der Waals surface area contributed by atoms with Crippen molar-refractivity contribution in [2.75, 3.05) is 21.9 Å². The van der Waals surface area contributed by atoms with E-state index in [0.717, 1.165) is 47.7 Å². The molecule has 0 N–H and O–H groups in total. The van der Waals surface area contributed by atoms with Gasteiger partial charge in [-0.1, -0.05) is 41.9 Å². The van der Waals surface area contributed by atoms with Crippen LogP contribution in [0.4, 0.5) is 17.1 Å². The number of hydrazone groups is 1. The molecule has 0 unspecified atom stereocenters. The predicted octanol–water partition coefficient (Wildman–Crippen LogP) is 5.50. The van der Waals surface area contributed by atoms with Gasteiger partial charge >= 0.3 is 0 Å². The second-order valence-corrected chi connectivity index (χ2v) is 9.06. The fraction of sp³-hybridized carbons (Fsp3) is 0.231. The summed E-state index contributed by atoms with van der Waals surface area (Å²) >= 11 is 6.20. The molecule has 1 saturated carbocycles. The van der Waals surface area contributed by atoms with Gasteiger partial charge in [0.2, 0.25) is 5.91 Å². The molecule has 160 valence electrons. The van der Waals surface area contributed by atoms with E-state index in [-0.39, 0.29) is 11.8 Å². The number of fused-ring (bicyclic) bond motifs is 2. The molecule has 0 radical (unpaired) electrons. The maximum atomic E-state index is 13.8. The van der Waals surface area contributed by atoms with Gasteiger partial charge in [0.1, 0.15) is 0 Å². The highest BCUT2D eigenvalue weighted by molar-refractivity contribution is 6.30. The molecule has 0 saturated heterocycles. The zero-order chi connectivity index (χ0) is 21.9. The third-order valence-corrected chi connectivity index (χ3v) is 7.22. The Balaban J connectivity index is 1.66. The van der Waals surface area contributed by atoms with Gasteiger partial charge in [0.15, 0.2) is 11.5 Å². The van der Waals surface area contributed by atoms with Gasteiger partial charge in [0.05, 0.1) is 23.0 Å². The molecule has 1 aliphatic carbocycles. The number of halogens is 1. The summed E-state index contributed by atoms with van der Waals surface area (Å²) in [7, 11) is 1.89. The summed E-state index contributed by atoms with van der Waals surface area (Å²) in [4.78, 5) is 17.9. The smallest absolute Gasteiger partial charge is 0.234 e. The summed E-state index contributed by atoms with van der Waals surface area (Å²) in [6.45, 7) is 0. The molecule has 3 aliphatic rings. The van der Waals surface area contributed by atoms with E-state index in [2.05, 4.69) is 28.1 Å². The molecule has 1 spiro atoms. The summed E-state index contributed by atoms with van der Waals surface area (Å²) < 4.78 is 0. The summed E-state index contributed by atoms with van der Waals surface area (Å²) in [6.07, 6.45) is 2.65. The predicted molar refractivity (Wildman–Crippen MR) is 129 cm³/mol. The largest absolute Gasteiger partial charge is 0.313 e. The Kier molecular flexibility index (Phi) is 4.30. The number of amides is 1. The van der Waals surface area contributed by atoms with Gasteiger partial charge in [-0.05, 0) is 67.8 Å². The van der Waals surface area contributed by atoms with Gasteiger partial charge in [0, 0.05) is 17.6 Å². The molecule has 5 nitrogen and oxygen atoms in total. The Hall–Kier alpha value is -3.31. The van der Waals surface area contributed by atoms with Crippen LogP contribution in [-0.4, -0.2) is 24.5 Å². The van der Waals surface area contributed by atoms with Crippen molar-refractivity contribution in [3.05, 3.63) is 89.4 Å². The Morgan fingerprint density at radius 1 is 0.938 bits per heavy atom. The lowest BCUT2D eigenvalue weighted by Crippen LogP contribution is -2.60. The number of carbonyl (C=O) groups excluding carboxylic acids is 1. The highest BCUT2D eigenvalue weighted by Crippen LogP contribution is 2.54. The molecule has 6 heteroatoms. The first-order chi connectivity index (χ1) is 15.6. The zero-order valence-electron chi connectivity index (χ0n) is 17.8. The summed E-state index contributed by atoms with van der Waals surface area (Å²) in [5.74, 6) is 0.785. The lowest BCUT2D eigenvalue weighted by Gasteiger charge is -2.44. The quantitative estimate of drug-likeness (QED) is 0.526. The van der Waals surface area contributed by atoms with Crippen molar-refractivity contribution >= 4 is 40.4 Å². The number of hydrogen-bond donors (Lipinski definition) is 0. The Morgan fingerprint density at radius 2 is 1.62 bits per heavy atom. The number of carbonyl (C=O) groups is 1. The van der Waals surface area contributed by atoms with Gasteiger partial charge in [-0.15, -0.1) is 0 Å². The molecule has 6 rings (SSSR count). The van der Waals surface area contributed by atoms with Crippen LogP contribution in [-0.2, 0) is 4.79 Å². The van der Waals surface area contributed by atoms with Crippen molar-refractivity contribution in [2.45, 2.75) is 24.9 Å². The molecule has 1 fully saturated rings. The highest BCUT2D eigenvalue weighted by atomic mass is 35.5. The van der Waals surface area contributed by atoms with E-state index in [4.69, 9.17) is 16.7 Å². The monoisotopic (exact) mass is 442 g/mol. The van der Waals surface area contributed by atoms with Crippen molar-refractivity contribution < 1.29 is 4.79 Å². The molecule has 3 aromatic carbocycles.